The Bertz CT molecular complexity index is 565. The molecule has 0 spiro atoms. The number of nitrogens with zero attached hydrogens (tertiary/aromatic N) is 2. The van der Waals surface area contributed by atoms with Crippen molar-refractivity contribution in [3.8, 4) is 11.3 Å². The predicted octanol–water partition coefficient (Wildman–Crippen LogP) is 3.42. The molecular weight excluding hydrogens is 222 g/mol. The number of nitrogens with one attached hydrogen (secondary N) is 1. The molecule has 3 heteroatoms. The SMILES string of the molecule is CNc1cc(-c2c(C)cc(C)cc2C)nc(C)n1. The van der Waals surface area contributed by atoms with Gasteiger partial charge in [-0.15, -0.1) is 0 Å². The van der Waals surface area contributed by atoms with Gasteiger partial charge in [0.2, 0.25) is 0 Å². The summed E-state index contributed by atoms with van der Waals surface area (Å²) in [6, 6.07) is 6.38. The maximum absolute atomic E-state index is 4.55. The number of aryl methyl sites for hydroxylation is 4. The van der Waals surface area contributed by atoms with Gasteiger partial charge in [0.25, 0.3) is 0 Å². The van der Waals surface area contributed by atoms with Crippen LogP contribution in [0.1, 0.15) is 22.5 Å². The second-order valence-electron chi connectivity index (χ2n) is 4.71. The van der Waals surface area contributed by atoms with Crippen molar-refractivity contribution in [2.45, 2.75) is 27.7 Å². The molecule has 1 N–H and O–H groups in total. The van der Waals surface area contributed by atoms with Crippen LogP contribution in [-0.2, 0) is 0 Å². The number of anilines is 1. The monoisotopic (exact) mass is 241 g/mol. The van der Waals surface area contributed by atoms with Gasteiger partial charge in [0, 0.05) is 18.7 Å². The molecule has 0 aliphatic carbocycles. The third-order valence-electron chi connectivity index (χ3n) is 3.03. The molecule has 0 bridgehead atoms. The van der Waals surface area contributed by atoms with Crippen molar-refractivity contribution in [3.63, 3.8) is 0 Å². The van der Waals surface area contributed by atoms with Gasteiger partial charge in [-0.2, -0.15) is 0 Å². The minimum Gasteiger partial charge on any atom is -0.373 e. The third kappa shape index (κ3) is 2.35. The highest BCUT2D eigenvalue weighted by atomic mass is 15.0. The van der Waals surface area contributed by atoms with Crippen molar-refractivity contribution >= 4 is 5.82 Å². The summed E-state index contributed by atoms with van der Waals surface area (Å²) in [4.78, 5) is 8.88. The van der Waals surface area contributed by atoms with Crippen LogP contribution in [0.25, 0.3) is 11.3 Å². The molecule has 1 aromatic carbocycles. The molecule has 0 aliphatic rings. The van der Waals surface area contributed by atoms with Crippen molar-refractivity contribution in [2.24, 2.45) is 0 Å². The topological polar surface area (TPSA) is 37.8 Å². The first-order valence-corrected chi connectivity index (χ1v) is 6.13. The van der Waals surface area contributed by atoms with E-state index in [2.05, 4.69) is 48.2 Å². The fraction of sp³-hybridized carbons (Fsp3) is 0.333. The molecule has 0 aliphatic heterocycles. The van der Waals surface area contributed by atoms with Crippen LogP contribution in [0.5, 0.6) is 0 Å². The van der Waals surface area contributed by atoms with Crippen LogP contribution in [0.3, 0.4) is 0 Å². The number of benzene rings is 1. The second-order valence-corrected chi connectivity index (χ2v) is 4.71. The van der Waals surface area contributed by atoms with Crippen LogP contribution < -0.4 is 5.32 Å². The maximum atomic E-state index is 4.55. The minimum atomic E-state index is 0.788. The van der Waals surface area contributed by atoms with E-state index in [1.807, 2.05) is 20.0 Å². The summed E-state index contributed by atoms with van der Waals surface area (Å²) in [5, 5.41) is 3.08. The maximum Gasteiger partial charge on any atom is 0.130 e. The van der Waals surface area contributed by atoms with Crippen molar-refractivity contribution < 1.29 is 0 Å². The third-order valence-corrected chi connectivity index (χ3v) is 3.03. The Morgan fingerprint density at radius 1 is 0.889 bits per heavy atom. The molecule has 2 rings (SSSR count). The minimum absolute atomic E-state index is 0.788. The Kier molecular flexibility index (Phi) is 3.32. The van der Waals surface area contributed by atoms with Crippen LogP contribution >= 0.6 is 0 Å². The zero-order chi connectivity index (χ0) is 13.3. The van der Waals surface area contributed by atoms with Gasteiger partial charge in [-0.05, 0) is 38.8 Å². The fourth-order valence-corrected chi connectivity index (χ4v) is 2.41. The lowest BCUT2D eigenvalue weighted by Crippen LogP contribution is -2.00. The number of hydrogen-bond acceptors (Lipinski definition) is 3. The Hall–Kier alpha value is -1.90. The Morgan fingerprint density at radius 2 is 1.50 bits per heavy atom. The van der Waals surface area contributed by atoms with Crippen molar-refractivity contribution in [3.05, 3.63) is 40.7 Å². The molecule has 0 atom stereocenters. The molecule has 3 nitrogen and oxygen atoms in total. The first kappa shape index (κ1) is 12.6. The molecule has 0 saturated heterocycles. The summed E-state index contributed by atoms with van der Waals surface area (Å²) in [6.45, 7) is 8.30. The van der Waals surface area contributed by atoms with Gasteiger partial charge in [-0.1, -0.05) is 17.7 Å². The molecule has 0 radical (unpaired) electrons. The first-order chi connectivity index (χ1) is 8.51. The summed E-state index contributed by atoms with van der Waals surface area (Å²) in [5.74, 6) is 1.65. The van der Waals surface area contributed by atoms with Gasteiger partial charge in [-0.3, -0.25) is 0 Å². The van der Waals surface area contributed by atoms with Crippen LogP contribution in [0.2, 0.25) is 0 Å². The van der Waals surface area contributed by atoms with Gasteiger partial charge in [0.05, 0.1) is 5.69 Å². The first-order valence-electron chi connectivity index (χ1n) is 6.13. The molecule has 1 heterocycles. The van der Waals surface area contributed by atoms with E-state index in [-0.39, 0.29) is 0 Å². The van der Waals surface area contributed by atoms with Gasteiger partial charge in [0.15, 0.2) is 0 Å². The smallest absolute Gasteiger partial charge is 0.130 e. The van der Waals surface area contributed by atoms with Gasteiger partial charge < -0.3 is 5.32 Å². The van der Waals surface area contributed by atoms with E-state index >= 15 is 0 Å². The quantitative estimate of drug-likeness (QED) is 0.875. The molecule has 0 unspecified atom stereocenters. The fourth-order valence-electron chi connectivity index (χ4n) is 2.41. The zero-order valence-corrected chi connectivity index (χ0v) is 11.6. The van der Waals surface area contributed by atoms with Crippen LogP contribution in [0.15, 0.2) is 18.2 Å². The molecule has 1 aromatic heterocycles. The lowest BCUT2D eigenvalue weighted by molar-refractivity contribution is 1.05. The molecular formula is C15H19N3. The van der Waals surface area contributed by atoms with E-state index in [4.69, 9.17) is 0 Å². The van der Waals surface area contributed by atoms with Crippen molar-refractivity contribution in [1.82, 2.24) is 9.97 Å². The van der Waals surface area contributed by atoms with E-state index in [1.165, 1.54) is 22.3 Å². The average molecular weight is 241 g/mol. The van der Waals surface area contributed by atoms with Crippen LogP contribution in [-0.4, -0.2) is 17.0 Å². The highest BCUT2D eigenvalue weighted by Gasteiger charge is 2.10. The van der Waals surface area contributed by atoms with E-state index in [9.17, 15) is 0 Å². The number of hydrogen-bond donors (Lipinski definition) is 1. The Labute approximate surface area is 108 Å². The van der Waals surface area contributed by atoms with Gasteiger partial charge >= 0.3 is 0 Å². The lowest BCUT2D eigenvalue weighted by Gasteiger charge is -2.12. The van der Waals surface area contributed by atoms with E-state index < -0.39 is 0 Å². The summed E-state index contributed by atoms with van der Waals surface area (Å²) < 4.78 is 0. The molecule has 0 fully saturated rings. The summed E-state index contributed by atoms with van der Waals surface area (Å²) >= 11 is 0. The summed E-state index contributed by atoms with van der Waals surface area (Å²) in [5.41, 5.74) is 6.00. The number of rotatable bonds is 2. The molecule has 94 valence electrons. The highest BCUT2D eigenvalue weighted by molar-refractivity contribution is 5.70. The largest absolute Gasteiger partial charge is 0.373 e. The summed E-state index contributed by atoms with van der Waals surface area (Å²) in [6.07, 6.45) is 0. The molecule has 2 aromatic rings. The van der Waals surface area contributed by atoms with Crippen molar-refractivity contribution in [2.75, 3.05) is 12.4 Å². The molecule has 18 heavy (non-hydrogen) atoms. The van der Waals surface area contributed by atoms with Gasteiger partial charge in [-0.25, -0.2) is 9.97 Å². The van der Waals surface area contributed by atoms with Crippen molar-refractivity contribution in [1.29, 1.82) is 0 Å². The van der Waals surface area contributed by atoms with E-state index in [1.54, 1.807) is 0 Å². The Morgan fingerprint density at radius 3 is 2.06 bits per heavy atom. The number of aromatic nitrogens is 2. The van der Waals surface area contributed by atoms with Crippen LogP contribution in [0.4, 0.5) is 5.82 Å². The van der Waals surface area contributed by atoms with E-state index in [0.29, 0.717) is 0 Å². The summed E-state index contributed by atoms with van der Waals surface area (Å²) in [7, 11) is 1.88. The molecule has 0 amide bonds. The average Bonchev–Trinajstić information content (AvgIpc) is 2.26. The normalized spacial score (nSPS) is 10.5. The predicted molar refractivity (Wildman–Crippen MR) is 76.0 cm³/mol. The Balaban J connectivity index is 2.65. The molecule has 0 saturated carbocycles. The van der Waals surface area contributed by atoms with E-state index in [0.717, 1.165) is 17.3 Å². The second kappa shape index (κ2) is 4.77. The standard InChI is InChI=1S/C15H19N3/c1-9-6-10(2)15(11(3)7-9)13-8-14(16-5)18-12(4)17-13/h6-8H,1-5H3,(H,16,17,18). The zero-order valence-electron chi connectivity index (χ0n) is 11.6. The van der Waals surface area contributed by atoms with Gasteiger partial charge in [0.1, 0.15) is 11.6 Å². The van der Waals surface area contributed by atoms with Crippen LogP contribution in [0, 0.1) is 27.7 Å². The highest BCUT2D eigenvalue weighted by Crippen LogP contribution is 2.28. The lowest BCUT2D eigenvalue weighted by atomic mass is 9.97.